The van der Waals surface area contributed by atoms with E-state index in [1.807, 2.05) is 0 Å². The molecule has 3 rings (SSSR count). The smallest absolute Gasteiger partial charge is 0.274 e. The first-order valence-electron chi connectivity index (χ1n) is 5.82. The minimum absolute atomic E-state index is 0.0316. The molecule has 2 heterocycles. The zero-order chi connectivity index (χ0) is 14.1. The van der Waals surface area contributed by atoms with Crippen molar-refractivity contribution in [3.8, 4) is 0 Å². The second-order valence-corrected chi connectivity index (χ2v) is 4.21. The Bertz CT molecular complexity index is 850. The topological polar surface area (TPSA) is 113 Å². The number of nitrogens with one attached hydrogen (secondary N) is 2. The molecule has 0 amide bonds. The Balaban J connectivity index is 2.08. The third kappa shape index (κ3) is 1.92. The Labute approximate surface area is 112 Å². The van der Waals surface area contributed by atoms with E-state index in [1.165, 1.54) is 23.3 Å². The second-order valence-electron chi connectivity index (χ2n) is 4.21. The Morgan fingerprint density at radius 3 is 2.95 bits per heavy atom. The summed E-state index contributed by atoms with van der Waals surface area (Å²) in [6.45, 7) is 0.206. The number of rotatable bonds is 3. The van der Waals surface area contributed by atoms with Gasteiger partial charge in [0, 0.05) is 11.6 Å². The number of benzene rings is 1. The van der Waals surface area contributed by atoms with Crippen molar-refractivity contribution < 1.29 is 4.92 Å². The molecule has 2 aromatic heterocycles. The molecule has 0 aliphatic rings. The molecule has 0 aliphatic heterocycles. The highest BCUT2D eigenvalue weighted by Crippen LogP contribution is 2.18. The Morgan fingerprint density at radius 2 is 2.15 bits per heavy atom. The Kier molecular flexibility index (Phi) is 2.75. The van der Waals surface area contributed by atoms with E-state index in [4.69, 9.17) is 5.41 Å². The van der Waals surface area contributed by atoms with E-state index in [0.717, 1.165) is 0 Å². The molecule has 0 aliphatic carbocycles. The van der Waals surface area contributed by atoms with Crippen LogP contribution in [0.3, 0.4) is 0 Å². The number of fused-ring (bicyclic) bond motifs is 1. The molecule has 0 saturated carbocycles. The van der Waals surface area contributed by atoms with E-state index >= 15 is 0 Å². The molecule has 8 nitrogen and oxygen atoms in total. The van der Waals surface area contributed by atoms with Crippen LogP contribution in [-0.2, 0) is 6.54 Å². The highest BCUT2D eigenvalue weighted by atomic mass is 16.6. The number of aromatic nitrogens is 4. The number of H-pyrrole nitrogens is 1. The van der Waals surface area contributed by atoms with Crippen LogP contribution in [0.1, 0.15) is 5.56 Å². The summed E-state index contributed by atoms with van der Waals surface area (Å²) in [5, 5.41) is 19.1. The summed E-state index contributed by atoms with van der Waals surface area (Å²) in [6, 6.07) is 6.46. The van der Waals surface area contributed by atoms with Crippen LogP contribution >= 0.6 is 0 Å². The van der Waals surface area contributed by atoms with Crippen molar-refractivity contribution in [2.75, 3.05) is 0 Å². The lowest BCUT2D eigenvalue weighted by Gasteiger charge is -2.07. The summed E-state index contributed by atoms with van der Waals surface area (Å²) >= 11 is 0. The standard InChI is InChI=1S/C12H10N6O2/c13-11-10-12(15-6-14-10)16-7-17(11)5-8-3-1-2-4-9(8)18(19)20/h1-4,6-7,13H,5H2,(H,14,15). The summed E-state index contributed by atoms with van der Waals surface area (Å²) < 4.78 is 1.53. The van der Waals surface area contributed by atoms with Gasteiger partial charge in [-0.15, -0.1) is 0 Å². The van der Waals surface area contributed by atoms with Crippen LogP contribution in [0.5, 0.6) is 0 Å². The van der Waals surface area contributed by atoms with Crippen LogP contribution in [0, 0.1) is 15.5 Å². The number of hydrogen-bond acceptors (Lipinski definition) is 5. The predicted octanol–water partition coefficient (Wildman–Crippen LogP) is 1.20. The fourth-order valence-electron chi connectivity index (χ4n) is 2.01. The number of hydrogen-bond donors (Lipinski definition) is 2. The summed E-state index contributed by atoms with van der Waals surface area (Å²) in [5.74, 6) is 0. The van der Waals surface area contributed by atoms with E-state index in [2.05, 4.69) is 15.0 Å². The molecule has 0 atom stereocenters. The van der Waals surface area contributed by atoms with Gasteiger partial charge in [0.05, 0.1) is 24.1 Å². The van der Waals surface area contributed by atoms with Gasteiger partial charge in [-0.3, -0.25) is 15.5 Å². The van der Waals surface area contributed by atoms with Gasteiger partial charge in [-0.1, -0.05) is 18.2 Å². The average molecular weight is 270 g/mol. The van der Waals surface area contributed by atoms with Crippen LogP contribution < -0.4 is 5.49 Å². The molecule has 0 saturated heterocycles. The van der Waals surface area contributed by atoms with Crippen LogP contribution in [0.25, 0.3) is 11.2 Å². The van der Waals surface area contributed by atoms with Gasteiger partial charge in [0.15, 0.2) is 11.1 Å². The van der Waals surface area contributed by atoms with Crippen LogP contribution in [0.4, 0.5) is 5.69 Å². The Hall–Kier alpha value is -3.03. The summed E-state index contributed by atoms with van der Waals surface area (Å²) in [6.07, 6.45) is 2.92. The van der Waals surface area contributed by atoms with Crippen molar-refractivity contribution >= 4 is 16.9 Å². The number of imidazole rings is 1. The highest BCUT2D eigenvalue weighted by molar-refractivity contribution is 5.67. The van der Waals surface area contributed by atoms with Crippen molar-refractivity contribution in [3.63, 3.8) is 0 Å². The quantitative estimate of drug-likeness (QED) is 0.549. The second kappa shape index (κ2) is 4.57. The van der Waals surface area contributed by atoms with Gasteiger partial charge in [-0.2, -0.15) is 0 Å². The average Bonchev–Trinajstić information content (AvgIpc) is 2.91. The summed E-state index contributed by atoms with van der Waals surface area (Å²) in [5.41, 5.74) is 1.70. The fourth-order valence-corrected chi connectivity index (χ4v) is 2.01. The van der Waals surface area contributed by atoms with Gasteiger partial charge in [0.1, 0.15) is 5.52 Å². The monoisotopic (exact) mass is 270 g/mol. The van der Waals surface area contributed by atoms with Gasteiger partial charge < -0.3 is 9.55 Å². The molecular formula is C12H10N6O2. The van der Waals surface area contributed by atoms with Crippen molar-refractivity contribution in [1.82, 2.24) is 19.5 Å². The van der Waals surface area contributed by atoms with E-state index in [0.29, 0.717) is 16.7 Å². The zero-order valence-electron chi connectivity index (χ0n) is 10.3. The number of para-hydroxylation sites is 1. The normalized spacial score (nSPS) is 10.8. The minimum atomic E-state index is -0.429. The van der Waals surface area contributed by atoms with Gasteiger partial charge in [0.25, 0.3) is 5.69 Å². The molecule has 20 heavy (non-hydrogen) atoms. The number of nitro benzene ring substituents is 1. The summed E-state index contributed by atoms with van der Waals surface area (Å²) in [4.78, 5) is 21.5. The van der Waals surface area contributed by atoms with Gasteiger partial charge in [-0.25, -0.2) is 9.97 Å². The van der Waals surface area contributed by atoms with Gasteiger partial charge in [-0.05, 0) is 0 Å². The maximum absolute atomic E-state index is 11.0. The lowest BCUT2D eigenvalue weighted by Crippen LogP contribution is -2.21. The zero-order valence-corrected chi connectivity index (χ0v) is 10.3. The third-order valence-corrected chi connectivity index (χ3v) is 2.99. The molecular weight excluding hydrogens is 260 g/mol. The molecule has 0 spiro atoms. The van der Waals surface area contributed by atoms with Crippen LogP contribution in [0.15, 0.2) is 36.9 Å². The van der Waals surface area contributed by atoms with Crippen molar-refractivity contribution in [2.45, 2.75) is 6.54 Å². The van der Waals surface area contributed by atoms with E-state index < -0.39 is 4.92 Å². The predicted molar refractivity (Wildman–Crippen MR) is 69.9 cm³/mol. The van der Waals surface area contributed by atoms with Crippen LogP contribution in [0.2, 0.25) is 0 Å². The molecule has 0 fully saturated rings. The molecule has 0 radical (unpaired) electrons. The minimum Gasteiger partial charge on any atom is -0.340 e. The molecule has 3 aromatic rings. The maximum atomic E-state index is 11.0. The highest BCUT2D eigenvalue weighted by Gasteiger charge is 2.13. The van der Waals surface area contributed by atoms with Gasteiger partial charge >= 0.3 is 0 Å². The molecule has 100 valence electrons. The SMILES string of the molecule is N=c1c2[nH]cnc2ncn1Cc1ccccc1[N+](=O)[O-]. The first kappa shape index (κ1) is 12.0. The molecule has 0 unspecified atom stereocenters. The van der Waals surface area contributed by atoms with E-state index in [1.54, 1.807) is 18.2 Å². The molecule has 0 bridgehead atoms. The van der Waals surface area contributed by atoms with Gasteiger partial charge in [0.2, 0.25) is 0 Å². The molecule has 1 aromatic carbocycles. The van der Waals surface area contributed by atoms with Crippen molar-refractivity contribution in [2.24, 2.45) is 0 Å². The van der Waals surface area contributed by atoms with Crippen molar-refractivity contribution in [1.29, 1.82) is 5.41 Å². The van der Waals surface area contributed by atoms with Crippen molar-refractivity contribution in [3.05, 3.63) is 58.1 Å². The van der Waals surface area contributed by atoms with E-state index in [-0.39, 0.29) is 17.7 Å². The first-order valence-corrected chi connectivity index (χ1v) is 5.82. The number of nitro groups is 1. The number of nitrogens with zero attached hydrogens (tertiary/aromatic N) is 4. The number of aromatic amines is 1. The third-order valence-electron chi connectivity index (χ3n) is 2.99. The lowest BCUT2D eigenvalue weighted by molar-refractivity contribution is -0.385. The first-order chi connectivity index (χ1) is 9.66. The largest absolute Gasteiger partial charge is 0.340 e. The lowest BCUT2D eigenvalue weighted by atomic mass is 10.2. The maximum Gasteiger partial charge on any atom is 0.274 e. The fraction of sp³-hybridized carbons (Fsp3) is 0.0833. The molecule has 8 heteroatoms. The Morgan fingerprint density at radius 1 is 1.35 bits per heavy atom. The summed E-state index contributed by atoms with van der Waals surface area (Å²) in [7, 11) is 0. The molecule has 2 N–H and O–H groups in total. The van der Waals surface area contributed by atoms with E-state index in [9.17, 15) is 10.1 Å². The van der Waals surface area contributed by atoms with Crippen LogP contribution in [-0.4, -0.2) is 24.4 Å².